The second kappa shape index (κ2) is 6.02. The molecule has 0 heterocycles. The minimum absolute atomic E-state index is 0.332. The molecule has 0 aliphatic rings. The van der Waals surface area contributed by atoms with Crippen LogP contribution in [-0.2, 0) is 0 Å². The molecule has 20 heavy (non-hydrogen) atoms. The number of hydrogen-bond acceptors (Lipinski definition) is 2. The van der Waals surface area contributed by atoms with Gasteiger partial charge in [-0.25, -0.2) is 0 Å². The van der Waals surface area contributed by atoms with Crippen LogP contribution in [0.3, 0.4) is 0 Å². The maximum absolute atomic E-state index is 12.0. The molecule has 0 radical (unpaired) electrons. The van der Waals surface area contributed by atoms with Crippen LogP contribution in [0.1, 0.15) is 31.8 Å². The largest absolute Gasteiger partial charge is 0.269 e. The molecule has 2 aromatic carbocycles. The van der Waals surface area contributed by atoms with E-state index >= 15 is 0 Å². The summed E-state index contributed by atoms with van der Waals surface area (Å²) in [7, 11) is 0. The predicted molar refractivity (Wildman–Crippen MR) is 77.3 cm³/mol. The molecular weight excluding hydrogens is 252 g/mol. The molecule has 0 fully saturated rings. The summed E-state index contributed by atoms with van der Waals surface area (Å²) in [6.45, 7) is 3.85. The molecule has 0 spiro atoms. The topological polar surface area (TPSA) is 58.2 Å². The lowest BCUT2D eigenvalue weighted by molar-refractivity contribution is 0.0846. The van der Waals surface area contributed by atoms with E-state index in [9.17, 15) is 9.59 Å². The lowest BCUT2D eigenvalue weighted by atomic mass is 10.1. The van der Waals surface area contributed by atoms with Crippen LogP contribution in [0, 0.1) is 13.8 Å². The third kappa shape index (κ3) is 3.45. The second-order valence-corrected chi connectivity index (χ2v) is 4.65. The van der Waals surface area contributed by atoms with Gasteiger partial charge in [-0.2, -0.15) is 0 Å². The van der Waals surface area contributed by atoms with Crippen molar-refractivity contribution in [3.63, 3.8) is 0 Å². The predicted octanol–water partition coefficient (Wildman–Crippen LogP) is 2.38. The summed E-state index contributed by atoms with van der Waals surface area (Å²) in [6, 6.07) is 14.2. The Balaban J connectivity index is 2.00. The fourth-order valence-electron chi connectivity index (χ4n) is 1.95. The first-order chi connectivity index (χ1) is 9.56. The lowest BCUT2D eigenvalue weighted by Gasteiger charge is -2.08. The number of hydrazine groups is 1. The number of aryl methyl sites for hydroxylation is 2. The van der Waals surface area contributed by atoms with Crippen LogP contribution in [-0.4, -0.2) is 11.8 Å². The van der Waals surface area contributed by atoms with Crippen LogP contribution >= 0.6 is 0 Å². The van der Waals surface area contributed by atoms with Gasteiger partial charge in [-0.15, -0.1) is 0 Å². The maximum atomic E-state index is 12.0. The molecule has 0 saturated carbocycles. The number of carbonyl (C=O) groups is 2. The number of nitrogens with one attached hydrogen (secondary N) is 2. The summed E-state index contributed by atoms with van der Waals surface area (Å²) in [5.74, 6) is -0.676. The van der Waals surface area contributed by atoms with Gasteiger partial charge in [0, 0.05) is 11.1 Å². The highest BCUT2D eigenvalue weighted by molar-refractivity contribution is 5.99. The zero-order chi connectivity index (χ0) is 14.5. The Morgan fingerprint density at radius 3 is 1.80 bits per heavy atom. The molecular formula is C16H16N2O2. The summed E-state index contributed by atoms with van der Waals surface area (Å²) in [6.07, 6.45) is 0. The third-order valence-corrected chi connectivity index (χ3v) is 2.81. The van der Waals surface area contributed by atoms with E-state index in [0.29, 0.717) is 11.1 Å². The van der Waals surface area contributed by atoms with Crippen molar-refractivity contribution in [3.8, 4) is 0 Å². The van der Waals surface area contributed by atoms with Crippen LogP contribution in [0.5, 0.6) is 0 Å². The van der Waals surface area contributed by atoms with Gasteiger partial charge in [0.1, 0.15) is 0 Å². The van der Waals surface area contributed by atoms with E-state index in [0.717, 1.165) is 11.1 Å². The van der Waals surface area contributed by atoms with Gasteiger partial charge < -0.3 is 0 Å². The second-order valence-electron chi connectivity index (χ2n) is 4.65. The Morgan fingerprint density at radius 2 is 1.25 bits per heavy atom. The third-order valence-electron chi connectivity index (χ3n) is 2.81. The first-order valence-electron chi connectivity index (χ1n) is 6.30. The molecule has 0 aromatic heterocycles. The van der Waals surface area contributed by atoms with E-state index in [1.807, 2.05) is 26.0 Å². The van der Waals surface area contributed by atoms with E-state index < -0.39 is 0 Å². The Bertz CT molecular complexity index is 616. The maximum Gasteiger partial charge on any atom is 0.269 e. The summed E-state index contributed by atoms with van der Waals surface area (Å²) < 4.78 is 0. The molecule has 102 valence electrons. The number of rotatable bonds is 2. The molecule has 4 heteroatoms. The van der Waals surface area contributed by atoms with Gasteiger partial charge in [0.25, 0.3) is 11.8 Å². The number of benzene rings is 2. The minimum Gasteiger partial charge on any atom is -0.267 e. The van der Waals surface area contributed by atoms with E-state index in [4.69, 9.17) is 0 Å². The van der Waals surface area contributed by atoms with Crippen LogP contribution in [0.2, 0.25) is 0 Å². The van der Waals surface area contributed by atoms with Crippen molar-refractivity contribution in [2.75, 3.05) is 0 Å². The lowest BCUT2D eigenvalue weighted by Crippen LogP contribution is -2.41. The Kier molecular flexibility index (Phi) is 4.15. The Labute approximate surface area is 117 Å². The standard InChI is InChI=1S/C16H16N2O2/c1-11-8-12(2)10-14(9-11)16(20)18-17-15(19)13-6-4-3-5-7-13/h3-10H,1-2H3,(H,17,19)(H,18,20). The van der Waals surface area contributed by atoms with E-state index in [-0.39, 0.29) is 11.8 Å². The fourth-order valence-corrected chi connectivity index (χ4v) is 1.95. The van der Waals surface area contributed by atoms with Crippen molar-refractivity contribution >= 4 is 11.8 Å². The molecule has 2 amide bonds. The number of amides is 2. The van der Waals surface area contributed by atoms with Gasteiger partial charge in [-0.1, -0.05) is 35.4 Å². The minimum atomic E-state index is -0.344. The van der Waals surface area contributed by atoms with Gasteiger partial charge in [0.05, 0.1) is 0 Å². The monoisotopic (exact) mass is 268 g/mol. The Morgan fingerprint density at radius 1 is 0.750 bits per heavy atom. The van der Waals surface area contributed by atoms with E-state index in [1.165, 1.54) is 0 Å². The number of carbonyl (C=O) groups excluding carboxylic acids is 2. The average molecular weight is 268 g/mol. The van der Waals surface area contributed by atoms with Crippen molar-refractivity contribution in [1.82, 2.24) is 10.9 Å². The quantitative estimate of drug-likeness (QED) is 0.822. The first kappa shape index (κ1) is 13.8. The molecule has 0 aliphatic carbocycles. The van der Waals surface area contributed by atoms with Gasteiger partial charge in [0.2, 0.25) is 0 Å². The van der Waals surface area contributed by atoms with Gasteiger partial charge in [-0.3, -0.25) is 20.4 Å². The molecule has 4 nitrogen and oxygen atoms in total. The van der Waals surface area contributed by atoms with E-state index in [1.54, 1.807) is 36.4 Å². The van der Waals surface area contributed by atoms with Crippen molar-refractivity contribution in [2.45, 2.75) is 13.8 Å². The highest BCUT2D eigenvalue weighted by Crippen LogP contribution is 2.08. The van der Waals surface area contributed by atoms with Crippen molar-refractivity contribution < 1.29 is 9.59 Å². The first-order valence-corrected chi connectivity index (χ1v) is 6.30. The van der Waals surface area contributed by atoms with Crippen LogP contribution in [0.4, 0.5) is 0 Å². The van der Waals surface area contributed by atoms with Crippen LogP contribution in [0.15, 0.2) is 48.5 Å². The summed E-state index contributed by atoms with van der Waals surface area (Å²) in [5, 5.41) is 0. The SMILES string of the molecule is Cc1cc(C)cc(C(=O)NNC(=O)c2ccccc2)c1. The van der Waals surface area contributed by atoms with Gasteiger partial charge >= 0.3 is 0 Å². The normalized spacial score (nSPS) is 9.90. The van der Waals surface area contributed by atoms with Crippen LogP contribution < -0.4 is 10.9 Å². The summed E-state index contributed by atoms with van der Waals surface area (Å²) in [5.41, 5.74) is 7.84. The van der Waals surface area contributed by atoms with E-state index in [2.05, 4.69) is 10.9 Å². The van der Waals surface area contributed by atoms with Gasteiger partial charge in [-0.05, 0) is 38.1 Å². The zero-order valence-corrected chi connectivity index (χ0v) is 11.4. The smallest absolute Gasteiger partial charge is 0.267 e. The Hall–Kier alpha value is -2.62. The molecule has 0 bridgehead atoms. The zero-order valence-electron chi connectivity index (χ0n) is 11.4. The number of hydrogen-bond donors (Lipinski definition) is 2. The molecule has 2 aromatic rings. The molecule has 0 saturated heterocycles. The van der Waals surface area contributed by atoms with Crippen molar-refractivity contribution in [2.24, 2.45) is 0 Å². The summed E-state index contributed by atoms with van der Waals surface area (Å²) in [4.78, 5) is 23.7. The van der Waals surface area contributed by atoms with Crippen molar-refractivity contribution in [1.29, 1.82) is 0 Å². The molecule has 0 unspecified atom stereocenters. The fraction of sp³-hybridized carbons (Fsp3) is 0.125. The highest BCUT2D eigenvalue weighted by Gasteiger charge is 2.09. The van der Waals surface area contributed by atoms with Crippen molar-refractivity contribution in [3.05, 3.63) is 70.8 Å². The molecule has 2 N–H and O–H groups in total. The van der Waals surface area contributed by atoms with Crippen LogP contribution in [0.25, 0.3) is 0 Å². The molecule has 0 aliphatic heterocycles. The highest BCUT2D eigenvalue weighted by atomic mass is 16.2. The molecule has 0 atom stereocenters. The average Bonchev–Trinajstić information content (AvgIpc) is 2.44. The summed E-state index contributed by atoms with van der Waals surface area (Å²) >= 11 is 0. The van der Waals surface area contributed by atoms with Gasteiger partial charge in [0.15, 0.2) is 0 Å². The molecule has 2 rings (SSSR count).